The van der Waals surface area contributed by atoms with E-state index in [4.69, 9.17) is 14.2 Å². The van der Waals surface area contributed by atoms with Crippen molar-refractivity contribution in [1.29, 1.82) is 0 Å². The predicted molar refractivity (Wildman–Crippen MR) is 261 cm³/mol. The number of hydrogen-bond acceptors (Lipinski definition) is 6. The van der Waals surface area contributed by atoms with E-state index in [-0.39, 0.29) is 37.5 Å². The maximum absolute atomic E-state index is 12.8. The summed E-state index contributed by atoms with van der Waals surface area (Å²) in [5.74, 6) is -0.999. The van der Waals surface area contributed by atoms with Gasteiger partial charge in [0.15, 0.2) is 6.10 Å². The lowest BCUT2D eigenvalue weighted by atomic mass is 10.1. The van der Waals surface area contributed by atoms with Gasteiger partial charge in [-0.2, -0.15) is 0 Å². The zero-order chi connectivity index (χ0) is 44.4. The van der Waals surface area contributed by atoms with Gasteiger partial charge < -0.3 is 14.2 Å². The second kappa shape index (κ2) is 49.2. The van der Waals surface area contributed by atoms with Gasteiger partial charge in [-0.25, -0.2) is 0 Å². The van der Waals surface area contributed by atoms with E-state index in [0.29, 0.717) is 19.3 Å². The summed E-state index contributed by atoms with van der Waals surface area (Å²) in [6.07, 6.45) is 62.8. The molecule has 0 aliphatic heterocycles. The molecule has 0 saturated heterocycles. The minimum atomic E-state index is -0.814. The van der Waals surface area contributed by atoms with E-state index >= 15 is 0 Å². The van der Waals surface area contributed by atoms with Crippen molar-refractivity contribution < 1.29 is 28.6 Å². The SMILES string of the molecule is CCCCC/C=C\C/C=C\C/C=C\CCCCC(=O)OC[C@@H](COC(=O)CCCCCCC/C=C\CCCCCC)OC(=O)CCCC/C=C\C/C=C\C/C=C\CCCCC. The summed E-state index contributed by atoms with van der Waals surface area (Å²) in [4.78, 5) is 37.9. The Morgan fingerprint density at radius 2 is 0.590 bits per heavy atom. The molecule has 0 unspecified atom stereocenters. The van der Waals surface area contributed by atoms with Crippen LogP contribution in [0, 0.1) is 0 Å². The fourth-order valence-corrected chi connectivity index (χ4v) is 6.51. The Labute approximate surface area is 375 Å². The highest BCUT2D eigenvalue weighted by Gasteiger charge is 2.19. The standard InChI is InChI=1S/C55H92O6/c1-4-7-10-13-16-19-22-25-27-30-33-36-39-42-45-48-54(57)60-51-52(50-59-53(56)47-44-41-38-35-32-29-24-21-18-15-12-9-6-3)61-55(58)49-46-43-40-37-34-31-28-26-23-20-17-14-11-8-5-2/h16-17,19-21,24-28,33-34,36-37,52H,4-15,18,22-23,29-32,35,38-51H2,1-3H3/b19-16-,20-17-,24-21-,27-25-,28-26-,36-33-,37-34-/t52-/m1/s1. The van der Waals surface area contributed by atoms with Gasteiger partial charge >= 0.3 is 17.9 Å². The number of ether oxygens (including phenoxy) is 3. The van der Waals surface area contributed by atoms with E-state index in [9.17, 15) is 14.4 Å². The van der Waals surface area contributed by atoms with Crippen LogP contribution in [0.3, 0.4) is 0 Å². The quantitative estimate of drug-likeness (QED) is 0.0263. The Morgan fingerprint density at radius 3 is 1.00 bits per heavy atom. The lowest BCUT2D eigenvalue weighted by molar-refractivity contribution is -0.167. The lowest BCUT2D eigenvalue weighted by Gasteiger charge is -2.18. The first kappa shape index (κ1) is 57.6. The van der Waals surface area contributed by atoms with Crippen LogP contribution >= 0.6 is 0 Å². The smallest absolute Gasteiger partial charge is 0.306 e. The highest BCUT2D eigenvalue weighted by Crippen LogP contribution is 2.12. The van der Waals surface area contributed by atoms with E-state index in [1.165, 1.54) is 89.9 Å². The summed E-state index contributed by atoms with van der Waals surface area (Å²) >= 11 is 0. The molecule has 0 heterocycles. The molecule has 0 amide bonds. The first-order valence-electron chi connectivity index (χ1n) is 25.1. The number of carbonyl (C=O) groups is 3. The van der Waals surface area contributed by atoms with Crippen LogP contribution < -0.4 is 0 Å². The molecule has 6 nitrogen and oxygen atoms in total. The number of rotatable bonds is 44. The topological polar surface area (TPSA) is 78.9 Å². The number of esters is 3. The third-order valence-electron chi connectivity index (χ3n) is 10.3. The molecule has 0 saturated carbocycles. The molecule has 0 rings (SSSR count). The molecule has 0 N–H and O–H groups in total. The van der Waals surface area contributed by atoms with Crippen molar-refractivity contribution in [2.45, 2.75) is 232 Å². The molecule has 0 aliphatic rings. The monoisotopic (exact) mass is 849 g/mol. The Balaban J connectivity index is 4.54. The molecule has 348 valence electrons. The van der Waals surface area contributed by atoms with Gasteiger partial charge in [-0.1, -0.05) is 170 Å². The number of allylic oxidation sites excluding steroid dienone is 14. The molecule has 0 radical (unpaired) electrons. The van der Waals surface area contributed by atoms with Crippen molar-refractivity contribution in [3.8, 4) is 0 Å². The summed E-state index contributed by atoms with van der Waals surface area (Å²) < 4.78 is 16.7. The highest BCUT2D eigenvalue weighted by atomic mass is 16.6. The molecule has 6 heteroatoms. The zero-order valence-corrected chi connectivity index (χ0v) is 39.7. The van der Waals surface area contributed by atoms with E-state index < -0.39 is 6.10 Å². The maximum atomic E-state index is 12.8. The Morgan fingerprint density at radius 1 is 0.328 bits per heavy atom. The molecule has 0 bridgehead atoms. The molecule has 0 aromatic rings. The van der Waals surface area contributed by atoms with Crippen LogP contribution in [0.5, 0.6) is 0 Å². The summed E-state index contributed by atoms with van der Waals surface area (Å²) in [6, 6.07) is 0. The second-order valence-corrected chi connectivity index (χ2v) is 16.4. The molecule has 0 spiro atoms. The molecule has 1 atom stereocenters. The summed E-state index contributed by atoms with van der Waals surface area (Å²) in [7, 11) is 0. The average molecular weight is 849 g/mol. The number of unbranched alkanes of at least 4 members (excludes halogenated alkanes) is 19. The lowest BCUT2D eigenvalue weighted by Crippen LogP contribution is -2.30. The molecular formula is C55H92O6. The predicted octanol–water partition coefficient (Wildman–Crippen LogP) is 16.4. The average Bonchev–Trinajstić information content (AvgIpc) is 3.26. The first-order valence-corrected chi connectivity index (χ1v) is 25.1. The van der Waals surface area contributed by atoms with Crippen LogP contribution in [0.15, 0.2) is 85.1 Å². The minimum Gasteiger partial charge on any atom is -0.462 e. The molecule has 0 aliphatic carbocycles. The molecule has 0 aromatic carbocycles. The van der Waals surface area contributed by atoms with Crippen molar-refractivity contribution in [2.75, 3.05) is 13.2 Å². The summed E-state index contributed by atoms with van der Waals surface area (Å²) in [5, 5.41) is 0. The highest BCUT2D eigenvalue weighted by molar-refractivity contribution is 5.71. The summed E-state index contributed by atoms with van der Waals surface area (Å²) in [5.41, 5.74) is 0. The third kappa shape index (κ3) is 47.5. The third-order valence-corrected chi connectivity index (χ3v) is 10.3. The Hall–Kier alpha value is -3.41. The number of carbonyl (C=O) groups excluding carboxylic acids is 3. The van der Waals surface area contributed by atoms with Gasteiger partial charge in [0.1, 0.15) is 13.2 Å². The summed E-state index contributed by atoms with van der Waals surface area (Å²) in [6.45, 7) is 6.48. The van der Waals surface area contributed by atoms with Gasteiger partial charge in [0, 0.05) is 19.3 Å². The van der Waals surface area contributed by atoms with Crippen molar-refractivity contribution >= 4 is 17.9 Å². The van der Waals surface area contributed by atoms with Crippen LogP contribution in [0.1, 0.15) is 226 Å². The van der Waals surface area contributed by atoms with Crippen LogP contribution in [-0.4, -0.2) is 37.2 Å². The van der Waals surface area contributed by atoms with Crippen molar-refractivity contribution in [2.24, 2.45) is 0 Å². The fourth-order valence-electron chi connectivity index (χ4n) is 6.51. The van der Waals surface area contributed by atoms with Gasteiger partial charge in [0.05, 0.1) is 0 Å². The van der Waals surface area contributed by atoms with Crippen LogP contribution in [-0.2, 0) is 28.6 Å². The van der Waals surface area contributed by atoms with E-state index in [2.05, 4.69) is 106 Å². The van der Waals surface area contributed by atoms with Crippen molar-refractivity contribution in [3.63, 3.8) is 0 Å². The van der Waals surface area contributed by atoms with E-state index in [0.717, 1.165) is 89.9 Å². The molecule has 61 heavy (non-hydrogen) atoms. The zero-order valence-electron chi connectivity index (χ0n) is 39.7. The minimum absolute atomic E-state index is 0.109. The van der Waals surface area contributed by atoms with Crippen LogP contribution in [0.4, 0.5) is 0 Å². The van der Waals surface area contributed by atoms with Gasteiger partial charge in [-0.15, -0.1) is 0 Å². The van der Waals surface area contributed by atoms with Crippen molar-refractivity contribution in [3.05, 3.63) is 85.1 Å². The molecular weight excluding hydrogens is 757 g/mol. The van der Waals surface area contributed by atoms with Gasteiger partial charge in [0.2, 0.25) is 0 Å². The van der Waals surface area contributed by atoms with E-state index in [1.54, 1.807) is 0 Å². The Bertz CT molecular complexity index is 1200. The Kier molecular flexibility index (Phi) is 46.5. The van der Waals surface area contributed by atoms with E-state index in [1.807, 2.05) is 0 Å². The largest absolute Gasteiger partial charge is 0.462 e. The molecule has 0 fully saturated rings. The van der Waals surface area contributed by atoms with Gasteiger partial charge in [-0.05, 0) is 122 Å². The number of hydrogen-bond donors (Lipinski definition) is 0. The normalized spacial score (nSPS) is 12.8. The first-order chi connectivity index (χ1) is 30.0. The van der Waals surface area contributed by atoms with Gasteiger partial charge in [-0.3, -0.25) is 14.4 Å². The molecule has 0 aromatic heterocycles. The fraction of sp³-hybridized carbons (Fsp3) is 0.691. The maximum Gasteiger partial charge on any atom is 0.306 e. The van der Waals surface area contributed by atoms with Crippen molar-refractivity contribution in [1.82, 2.24) is 0 Å². The van der Waals surface area contributed by atoms with Crippen LogP contribution in [0.25, 0.3) is 0 Å². The second-order valence-electron chi connectivity index (χ2n) is 16.4. The van der Waals surface area contributed by atoms with Gasteiger partial charge in [0.25, 0.3) is 0 Å². The van der Waals surface area contributed by atoms with Crippen LogP contribution in [0.2, 0.25) is 0 Å².